The Morgan fingerprint density at radius 2 is 2.05 bits per heavy atom. The van der Waals surface area contributed by atoms with E-state index >= 15 is 0 Å². The molecule has 7 heteroatoms. The molecule has 1 aliphatic carbocycles. The molecule has 2 atom stereocenters. The van der Waals surface area contributed by atoms with Crippen LogP contribution < -0.4 is 4.72 Å². The summed E-state index contributed by atoms with van der Waals surface area (Å²) >= 11 is 0. The van der Waals surface area contributed by atoms with Crippen LogP contribution in [0.15, 0.2) is 23.1 Å². The van der Waals surface area contributed by atoms with Crippen molar-refractivity contribution in [2.45, 2.75) is 42.7 Å². The Hall–Kier alpha value is -1.49. The quantitative estimate of drug-likeness (QED) is 0.879. The zero-order valence-electron chi connectivity index (χ0n) is 10.7. The maximum atomic E-state index is 13.2. The van der Waals surface area contributed by atoms with Gasteiger partial charge in [-0.25, -0.2) is 17.5 Å². The van der Waals surface area contributed by atoms with Gasteiger partial charge in [-0.1, -0.05) is 12.8 Å². The normalized spacial score (nSPS) is 23.2. The van der Waals surface area contributed by atoms with E-state index in [9.17, 15) is 17.9 Å². The Bertz CT molecular complexity index is 640. The lowest BCUT2D eigenvalue weighted by atomic mass is 9.93. The number of aliphatic hydroxyl groups excluding tert-OH is 1. The highest BCUT2D eigenvalue weighted by Gasteiger charge is 2.28. The highest BCUT2D eigenvalue weighted by Crippen LogP contribution is 2.21. The van der Waals surface area contributed by atoms with Crippen LogP contribution in [0.25, 0.3) is 0 Å². The molecule has 2 unspecified atom stereocenters. The number of aliphatic hydroxyl groups is 1. The second-order valence-corrected chi connectivity index (χ2v) is 6.55. The summed E-state index contributed by atoms with van der Waals surface area (Å²) in [7, 11) is -3.87. The maximum absolute atomic E-state index is 13.2. The van der Waals surface area contributed by atoms with E-state index in [1.807, 2.05) is 0 Å². The molecule has 1 aromatic rings. The van der Waals surface area contributed by atoms with Crippen molar-refractivity contribution in [1.29, 1.82) is 5.26 Å². The van der Waals surface area contributed by atoms with Gasteiger partial charge >= 0.3 is 0 Å². The summed E-state index contributed by atoms with van der Waals surface area (Å²) in [5, 5.41) is 18.5. The third kappa shape index (κ3) is 3.15. The molecule has 0 bridgehead atoms. The number of halogens is 1. The van der Waals surface area contributed by atoms with E-state index in [1.54, 1.807) is 6.07 Å². The van der Waals surface area contributed by atoms with Crippen LogP contribution in [0.4, 0.5) is 4.39 Å². The van der Waals surface area contributed by atoms with Gasteiger partial charge in [-0.3, -0.25) is 0 Å². The standard InChI is InChI=1S/C13H15FN2O3S/c14-11-6-5-10(7-9(11)8-15)20(18,19)16-12-3-1-2-4-13(12)17/h5-7,12-13,16-17H,1-4H2. The molecule has 2 rings (SSSR count). The molecule has 1 saturated carbocycles. The molecule has 0 aromatic heterocycles. The molecule has 0 aliphatic heterocycles. The van der Waals surface area contributed by atoms with E-state index in [-0.39, 0.29) is 10.5 Å². The summed E-state index contributed by atoms with van der Waals surface area (Å²) in [6, 6.07) is 4.11. The number of nitriles is 1. The third-order valence-electron chi connectivity index (χ3n) is 3.40. The molecular weight excluding hydrogens is 283 g/mol. The predicted octanol–water partition coefficient (Wildman–Crippen LogP) is 1.28. The molecule has 0 radical (unpaired) electrons. The van der Waals surface area contributed by atoms with Gasteiger partial charge in [0.15, 0.2) is 0 Å². The number of nitrogens with one attached hydrogen (secondary N) is 1. The number of rotatable bonds is 3. The van der Waals surface area contributed by atoms with Gasteiger partial charge in [-0.2, -0.15) is 5.26 Å². The molecule has 0 heterocycles. The van der Waals surface area contributed by atoms with E-state index < -0.39 is 28.0 Å². The average molecular weight is 298 g/mol. The van der Waals surface area contributed by atoms with Crippen molar-refractivity contribution < 1.29 is 17.9 Å². The molecule has 20 heavy (non-hydrogen) atoms. The van der Waals surface area contributed by atoms with Crippen LogP contribution in [0.1, 0.15) is 31.2 Å². The molecule has 0 amide bonds. The number of hydrogen-bond donors (Lipinski definition) is 2. The van der Waals surface area contributed by atoms with Crippen molar-refractivity contribution in [2.75, 3.05) is 0 Å². The van der Waals surface area contributed by atoms with Gasteiger partial charge < -0.3 is 5.11 Å². The summed E-state index contributed by atoms with van der Waals surface area (Å²) in [6.07, 6.45) is 2.12. The predicted molar refractivity (Wildman–Crippen MR) is 69.7 cm³/mol. The van der Waals surface area contributed by atoms with E-state index in [0.29, 0.717) is 12.8 Å². The fraction of sp³-hybridized carbons (Fsp3) is 0.462. The Balaban J connectivity index is 2.24. The topological polar surface area (TPSA) is 90.2 Å². The lowest BCUT2D eigenvalue weighted by Crippen LogP contribution is -2.44. The summed E-state index contributed by atoms with van der Waals surface area (Å²) < 4.78 is 40.0. The van der Waals surface area contributed by atoms with Gasteiger partial charge in [0.05, 0.1) is 16.6 Å². The lowest BCUT2D eigenvalue weighted by Gasteiger charge is -2.28. The Morgan fingerprint density at radius 1 is 1.35 bits per heavy atom. The largest absolute Gasteiger partial charge is 0.391 e. The summed E-state index contributed by atoms with van der Waals surface area (Å²) in [5.41, 5.74) is -0.322. The SMILES string of the molecule is N#Cc1cc(S(=O)(=O)NC2CCCCC2O)ccc1F. The lowest BCUT2D eigenvalue weighted by molar-refractivity contribution is 0.101. The Morgan fingerprint density at radius 3 is 2.70 bits per heavy atom. The van der Waals surface area contributed by atoms with Gasteiger partial charge in [0.1, 0.15) is 11.9 Å². The number of sulfonamides is 1. The first-order chi connectivity index (χ1) is 9.44. The highest BCUT2D eigenvalue weighted by atomic mass is 32.2. The van der Waals surface area contributed by atoms with Crippen LogP contribution in [0.5, 0.6) is 0 Å². The van der Waals surface area contributed by atoms with Gasteiger partial charge in [0.2, 0.25) is 10.0 Å². The zero-order chi connectivity index (χ0) is 14.8. The van der Waals surface area contributed by atoms with Crippen LogP contribution in [0, 0.1) is 17.1 Å². The molecule has 1 aromatic carbocycles. The molecule has 0 saturated heterocycles. The highest BCUT2D eigenvalue weighted by molar-refractivity contribution is 7.89. The molecular formula is C13H15FN2O3S. The van der Waals surface area contributed by atoms with Crippen LogP contribution in [-0.4, -0.2) is 25.7 Å². The second-order valence-electron chi connectivity index (χ2n) is 4.83. The van der Waals surface area contributed by atoms with E-state index in [4.69, 9.17) is 5.26 Å². The zero-order valence-corrected chi connectivity index (χ0v) is 11.5. The van der Waals surface area contributed by atoms with Crippen molar-refractivity contribution in [3.05, 3.63) is 29.6 Å². The van der Waals surface area contributed by atoms with Gasteiger partial charge in [0, 0.05) is 6.04 Å². The van der Waals surface area contributed by atoms with Crippen LogP contribution >= 0.6 is 0 Å². The first kappa shape index (κ1) is 14.9. The van der Waals surface area contributed by atoms with Crippen molar-refractivity contribution in [1.82, 2.24) is 4.72 Å². The fourth-order valence-corrected chi connectivity index (χ4v) is 3.60. The molecule has 0 spiro atoms. The van der Waals surface area contributed by atoms with Crippen LogP contribution in [0.2, 0.25) is 0 Å². The van der Waals surface area contributed by atoms with E-state index in [1.165, 1.54) is 0 Å². The Kier molecular flexibility index (Phi) is 4.38. The number of hydrogen-bond acceptors (Lipinski definition) is 4. The molecule has 1 fully saturated rings. The molecule has 108 valence electrons. The van der Waals surface area contributed by atoms with Crippen molar-refractivity contribution in [2.24, 2.45) is 0 Å². The van der Waals surface area contributed by atoms with Crippen molar-refractivity contribution in [3.63, 3.8) is 0 Å². The van der Waals surface area contributed by atoms with Crippen LogP contribution in [0.3, 0.4) is 0 Å². The minimum Gasteiger partial charge on any atom is -0.391 e. The van der Waals surface area contributed by atoms with Gasteiger partial charge in [-0.05, 0) is 31.0 Å². The van der Waals surface area contributed by atoms with Crippen LogP contribution in [-0.2, 0) is 10.0 Å². The second kappa shape index (κ2) is 5.87. The van der Waals surface area contributed by atoms with Crippen molar-refractivity contribution in [3.8, 4) is 6.07 Å². The summed E-state index contributed by atoms with van der Waals surface area (Å²) in [6.45, 7) is 0. The minimum atomic E-state index is -3.87. The molecule has 2 N–H and O–H groups in total. The van der Waals surface area contributed by atoms with E-state index in [0.717, 1.165) is 31.0 Å². The van der Waals surface area contributed by atoms with E-state index in [2.05, 4.69) is 4.72 Å². The number of benzene rings is 1. The average Bonchev–Trinajstić information content (AvgIpc) is 2.41. The third-order valence-corrected chi connectivity index (χ3v) is 4.89. The first-order valence-corrected chi connectivity index (χ1v) is 7.82. The number of nitrogens with zero attached hydrogens (tertiary/aromatic N) is 1. The van der Waals surface area contributed by atoms with Crippen molar-refractivity contribution >= 4 is 10.0 Å². The molecule has 5 nitrogen and oxygen atoms in total. The monoisotopic (exact) mass is 298 g/mol. The summed E-state index contributed by atoms with van der Waals surface area (Å²) in [4.78, 5) is -0.173. The Labute approximate surface area is 117 Å². The fourth-order valence-electron chi connectivity index (χ4n) is 2.27. The smallest absolute Gasteiger partial charge is 0.240 e. The minimum absolute atomic E-state index is 0.173. The first-order valence-electron chi connectivity index (χ1n) is 6.34. The summed E-state index contributed by atoms with van der Waals surface area (Å²) in [5.74, 6) is -0.760. The maximum Gasteiger partial charge on any atom is 0.240 e. The molecule has 1 aliphatic rings. The van der Waals surface area contributed by atoms with Gasteiger partial charge in [-0.15, -0.1) is 0 Å². The van der Waals surface area contributed by atoms with Gasteiger partial charge in [0.25, 0.3) is 0 Å².